The van der Waals surface area contributed by atoms with Gasteiger partial charge in [0, 0.05) is 36.9 Å². The van der Waals surface area contributed by atoms with Gasteiger partial charge in [-0.15, -0.1) is 21.5 Å². The van der Waals surface area contributed by atoms with E-state index in [0.717, 1.165) is 43.2 Å². The van der Waals surface area contributed by atoms with Gasteiger partial charge in [-0.3, -0.25) is 4.79 Å². The first-order chi connectivity index (χ1) is 12.0. The van der Waals surface area contributed by atoms with Crippen molar-refractivity contribution in [3.05, 3.63) is 28.2 Å². The lowest BCUT2D eigenvalue weighted by atomic mass is 9.95. The van der Waals surface area contributed by atoms with Gasteiger partial charge in [0.05, 0.1) is 5.01 Å². The summed E-state index contributed by atoms with van der Waals surface area (Å²) in [5.74, 6) is 2.05. The molecule has 0 spiro atoms. The monoisotopic (exact) mass is 361 g/mol. The molecule has 0 aromatic carbocycles. The number of nitrogens with zero attached hydrogens (tertiary/aromatic N) is 5. The third-order valence-corrected chi connectivity index (χ3v) is 5.53. The lowest BCUT2D eigenvalue weighted by Crippen LogP contribution is -2.38. The standard InChI is InChI=1S/C18H27N5OS/c1-12(2)9-16-20-15(10-25-16)18(24)22-7-5-14(6-8-22)17-21-19-11-23(17)13(3)4/h10-14H,5-9H2,1-4H3. The summed E-state index contributed by atoms with van der Waals surface area (Å²) < 4.78 is 2.14. The van der Waals surface area contributed by atoms with E-state index in [1.165, 1.54) is 0 Å². The van der Waals surface area contributed by atoms with Gasteiger partial charge in [0.25, 0.3) is 5.91 Å². The number of hydrogen-bond donors (Lipinski definition) is 0. The molecule has 6 nitrogen and oxygen atoms in total. The number of carbonyl (C=O) groups excluding carboxylic acids is 1. The molecule has 7 heteroatoms. The molecule has 2 aromatic rings. The van der Waals surface area contributed by atoms with Crippen LogP contribution in [0.25, 0.3) is 0 Å². The Hall–Kier alpha value is -1.76. The number of thiazole rings is 1. The first-order valence-electron chi connectivity index (χ1n) is 9.08. The van der Waals surface area contributed by atoms with Crippen molar-refractivity contribution < 1.29 is 4.79 Å². The van der Waals surface area contributed by atoms with E-state index in [0.29, 0.717) is 23.6 Å². The zero-order valence-corrected chi connectivity index (χ0v) is 16.3. The Balaban J connectivity index is 1.61. The second-order valence-electron chi connectivity index (χ2n) is 7.48. The molecule has 3 heterocycles. The smallest absolute Gasteiger partial charge is 0.273 e. The molecule has 136 valence electrons. The molecule has 3 rings (SSSR count). The quantitative estimate of drug-likeness (QED) is 0.817. The lowest BCUT2D eigenvalue weighted by molar-refractivity contribution is 0.0704. The van der Waals surface area contributed by atoms with E-state index >= 15 is 0 Å². The van der Waals surface area contributed by atoms with Gasteiger partial charge in [-0.05, 0) is 32.6 Å². The molecule has 0 saturated carbocycles. The fourth-order valence-electron chi connectivity index (χ4n) is 3.30. The normalized spacial score (nSPS) is 16.2. The number of carbonyl (C=O) groups is 1. The van der Waals surface area contributed by atoms with Crippen LogP contribution < -0.4 is 0 Å². The summed E-state index contributed by atoms with van der Waals surface area (Å²) >= 11 is 1.59. The molecular weight excluding hydrogens is 334 g/mol. The van der Waals surface area contributed by atoms with Crippen LogP contribution in [0.2, 0.25) is 0 Å². The Morgan fingerprint density at radius 1 is 1.28 bits per heavy atom. The second-order valence-corrected chi connectivity index (χ2v) is 8.42. The summed E-state index contributed by atoms with van der Waals surface area (Å²) in [6.45, 7) is 10.1. The van der Waals surface area contributed by atoms with Crippen LogP contribution in [0.4, 0.5) is 0 Å². The molecule has 0 aliphatic carbocycles. The summed E-state index contributed by atoms with van der Waals surface area (Å²) in [7, 11) is 0. The molecule has 1 fully saturated rings. The molecule has 0 radical (unpaired) electrons. The van der Waals surface area contributed by atoms with Crippen molar-refractivity contribution in [3.63, 3.8) is 0 Å². The van der Waals surface area contributed by atoms with Crippen LogP contribution >= 0.6 is 11.3 Å². The van der Waals surface area contributed by atoms with Crippen LogP contribution in [0.3, 0.4) is 0 Å². The Morgan fingerprint density at radius 2 is 2.00 bits per heavy atom. The number of hydrogen-bond acceptors (Lipinski definition) is 5. The van der Waals surface area contributed by atoms with E-state index in [1.54, 1.807) is 11.3 Å². The molecule has 0 atom stereocenters. The van der Waals surface area contributed by atoms with Crippen molar-refractivity contribution in [2.45, 2.75) is 58.9 Å². The molecule has 1 saturated heterocycles. The van der Waals surface area contributed by atoms with Gasteiger partial charge in [0.2, 0.25) is 0 Å². The van der Waals surface area contributed by atoms with Gasteiger partial charge < -0.3 is 9.47 Å². The van der Waals surface area contributed by atoms with E-state index in [-0.39, 0.29) is 5.91 Å². The van der Waals surface area contributed by atoms with Gasteiger partial charge in [-0.1, -0.05) is 13.8 Å². The fraction of sp³-hybridized carbons (Fsp3) is 0.667. The Labute approximate surface area is 153 Å². The van der Waals surface area contributed by atoms with E-state index in [4.69, 9.17) is 0 Å². The molecule has 0 unspecified atom stereocenters. The van der Waals surface area contributed by atoms with Gasteiger partial charge in [0.15, 0.2) is 0 Å². The number of rotatable bonds is 5. The SMILES string of the molecule is CC(C)Cc1nc(C(=O)N2CCC(c3nncn3C(C)C)CC2)cs1. The average Bonchev–Trinajstić information content (AvgIpc) is 3.23. The minimum atomic E-state index is 0.0648. The van der Waals surface area contributed by atoms with Crippen LogP contribution in [0, 0.1) is 5.92 Å². The highest BCUT2D eigenvalue weighted by atomic mass is 32.1. The Bertz CT molecular complexity index is 713. The van der Waals surface area contributed by atoms with Crippen molar-refractivity contribution in [1.82, 2.24) is 24.6 Å². The summed E-state index contributed by atoms with van der Waals surface area (Å²) in [6.07, 6.45) is 4.61. The predicted octanol–water partition coefficient (Wildman–Crippen LogP) is 3.53. The minimum Gasteiger partial charge on any atom is -0.337 e. The largest absolute Gasteiger partial charge is 0.337 e. The lowest BCUT2D eigenvalue weighted by Gasteiger charge is -2.31. The molecule has 1 amide bonds. The molecule has 1 aliphatic rings. The highest BCUT2D eigenvalue weighted by molar-refractivity contribution is 7.09. The second kappa shape index (κ2) is 7.64. The summed E-state index contributed by atoms with van der Waals surface area (Å²) in [4.78, 5) is 19.2. The fourth-order valence-corrected chi connectivity index (χ4v) is 4.28. The van der Waals surface area contributed by atoms with E-state index in [1.807, 2.05) is 16.6 Å². The maximum atomic E-state index is 12.7. The first-order valence-corrected chi connectivity index (χ1v) is 9.96. The average molecular weight is 362 g/mol. The number of likely N-dealkylation sites (tertiary alicyclic amines) is 1. The first kappa shape index (κ1) is 18.0. The highest BCUT2D eigenvalue weighted by Gasteiger charge is 2.28. The van der Waals surface area contributed by atoms with E-state index < -0.39 is 0 Å². The molecule has 1 aliphatic heterocycles. The van der Waals surface area contributed by atoms with Crippen molar-refractivity contribution in [1.29, 1.82) is 0 Å². The van der Waals surface area contributed by atoms with Crippen molar-refractivity contribution in [2.75, 3.05) is 13.1 Å². The van der Waals surface area contributed by atoms with Gasteiger partial charge in [0.1, 0.15) is 17.8 Å². The molecule has 0 N–H and O–H groups in total. The summed E-state index contributed by atoms with van der Waals surface area (Å²) in [6, 6.07) is 0.360. The Kier molecular flexibility index (Phi) is 5.51. The number of aromatic nitrogens is 4. The van der Waals surface area contributed by atoms with Gasteiger partial charge in [-0.2, -0.15) is 0 Å². The van der Waals surface area contributed by atoms with Crippen LogP contribution in [0.5, 0.6) is 0 Å². The van der Waals surface area contributed by atoms with Crippen LogP contribution in [-0.2, 0) is 6.42 Å². The zero-order chi connectivity index (χ0) is 18.0. The minimum absolute atomic E-state index is 0.0648. The molecule has 0 bridgehead atoms. The third-order valence-electron chi connectivity index (χ3n) is 4.66. The van der Waals surface area contributed by atoms with Crippen molar-refractivity contribution in [2.24, 2.45) is 5.92 Å². The van der Waals surface area contributed by atoms with Crippen LogP contribution in [-0.4, -0.2) is 43.6 Å². The van der Waals surface area contributed by atoms with Crippen LogP contribution in [0.15, 0.2) is 11.7 Å². The number of piperidine rings is 1. The van der Waals surface area contributed by atoms with E-state index in [2.05, 4.69) is 47.4 Å². The number of amides is 1. The van der Waals surface area contributed by atoms with Crippen molar-refractivity contribution >= 4 is 17.2 Å². The van der Waals surface area contributed by atoms with Gasteiger partial charge >= 0.3 is 0 Å². The van der Waals surface area contributed by atoms with Gasteiger partial charge in [-0.25, -0.2) is 4.98 Å². The van der Waals surface area contributed by atoms with Crippen molar-refractivity contribution in [3.8, 4) is 0 Å². The maximum Gasteiger partial charge on any atom is 0.273 e. The highest BCUT2D eigenvalue weighted by Crippen LogP contribution is 2.28. The molecular formula is C18H27N5OS. The topological polar surface area (TPSA) is 63.9 Å². The van der Waals surface area contributed by atoms with E-state index in [9.17, 15) is 4.79 Å². The summed E-state index contributed by atoms with van der Waals surface area (Å²) in [5, 5.41) is 11.3. The molecule has 25 heavy (non-hydrogen) atoms. The zero-order valence-electron chi connectivity index (χ0n) is 15.5. The summed E-state index contributed by atoms with van der Waals surface area (Å²) in [5.41, 5.74) is 0.601. The van der Waals surface area contributed by atoms with Crippen LogP contribution in [0.1, 0.15) is 73.8 Å². The maximum absolute atomic E-state index is 12.7. The molecule has 2 aromatic heterocycles. The third kappa shape index (κ3) is 4.08. The Morgan fingerprint density at radius 3 is 2.64 bits per heavy atom. The predicted molar refractivity (Wildman–Crippen MR) is 98.9 cm³/mol.